The van der Waals surface area contributed by atoms with E-state index in [1.165, 1.54) is 0 Å². The van der Waals surface area contributed by atoms with E-state index in [1.807, 2.05) is 11.0 Å². The molecular formula is C17H23N3O3S. The van der Waals surface area contributed by atoms with E-state index in [4.69, 9.17) is 0 Å². The van der Waals surface area contributed by atoms with Gasteiger partial charge in [0.2, 0.25) is 5.91 Å². The standard InChI is InChI=1S/C17H23N3O3S/c21-17(13-4-3-9-24(22,23)12-13)19-10-14-5-2-8-20(14)16-6-1-7-18-15(16)11-19/h1,6-7,13-14H,2-5,8-12H2/t13?,14-/m0/s1. The van der Waals surface area contributed by atoms with Crippen LogP contribution in [0.2, 0.25) is 0 Å². The summed E-state index contributed by atoms with van der Waals surface area (Å²) in [7, 11) is -3.08. The molecule has 1 aromatic rings. The molecule has 3 aliphatic heterocycles. The van der Waals surface area contributed by atoms with Crippen LogP contribution in [0.4, 0.5) is 5.69 Å². The molecule has 0 saturated carbocycles. The Morgan fingerprint density at radius 3 is 2.96 bits per heavy atom. The molecule has 2 atom stereocenters. The quantitative estimate of drug-likeness (QED) is 0.762. The van der Waals surface area contributed by atoms with Crippen LogP contribution < -0.4 is 4.90 Å². The first kappa shape index (κ1) is 15.9. The van der Waals surface area contributed by atoms with Crippen LogP contribution in [0.15, 0.2) is 18.3 Å². The third kappa shape index (κ3) is 2.90. The molecule has 0 aliphatic carbocycles. The van der Waals surface area contributed by atoms with Crippen molar-refractivity contribution in [3.05, 3.63) is 24.0 Å². The van der Waals surface area contributed by atoms with Gasteiger partial charge in [-0.25, -0.2) is 8.42 Å². The number of hydrogen-bond donors (Lipinski definition) is 0. The predicted octanol–water partition coefficient (Wildman–Crippen LogP) is 1.22. The van der Waals surface area contributed by atoms with Crippen molar-refractivity contribution >= 4 is 21.4 Å². The van der Waals surface area contributed by atoms with Crippen molar-refractivity contribution in [1.82, 2.24) is 9.88 Å². The molecule has 0 N–H and O–H groups in total. The summed E-state index contributed by atoms with van der Waals surface area (Å²) in [6.45, 7) is 2.16. The van der Waals surface area contributed by atoms with Gasteiger partial charge in [0.1, 0.15) is 0 Å². The monoisotopic (exact) mass is 349 g/mol. The summed E-state index contributed by atoms with van der Waals surface area (Å²) in [6, 6.07) is 4.35. The van der Waals surface area contributed by atoms with Crippen molar-refractivity contribution in [2.45, 2.75) is 38.3 Å². The van der Waals surface area contributed by atoms with E-state index in [9.17, 15) is 13.2 Å². The molecule has 0 spiro atoms. The Labute approximate surface area is 142 Å². The third-order valence-electron chi connectivity index (χ3n) is 5.45. The van der Waals surface area contributed by atoms with Crippen molar-refractivity contribution in [1.29, 1.82) is 0 Å². The molecule has 24 heavy (non-hydrogen) atoms. The summed E-state index contributed by atoms with van der Waals surface area (Å²) in [5.41, 5.74) is 2.06. The molecular weight excluding hydrogens is 326 g/mol. The van der Waals surface area contributed by atoms with Gasteiger partial charge in [-0.15, -0.1) is 0 Å². The number of carbonyl (C=O) groups is 1. The average Bonchev–Trinajstić information content (AvgIpc) is 2.95. The zero-order valence-electron chi connectivity index (χ0n) is 13.7. The molecule has 3 aliphatic rings. The lowest BCUT2D eigenvalue weighted by Crippen LogP contribution is -2.45. The van der Waals surface area contributed by atoms with Crippen LogP contribution in [0.5, 0.6) is 0 Å². The maximum atomic E-state index is 13.0. The number of rotatable bonds is 1. The van der Waals surface area contributed by atoms with Gasteiger partial charge in [0.15, 0.2) is 9.84 Å². The Balaban J connectivity index is 1.61. The number of anilines is 1. The molecule has 2 fully saturated rings. The first-order chi connectivity index (χ1) is 11.5. The summed E-state index contributed by atoms with van der Waals surface area (Å²) in [6.07, 6.45) is 5.23. The number of nitrogens with zero attached hydrogens (tertiary/aromatic N) is 3. The molecule has 2 saturated heterocycles. The Bertz CT molecular complexity index is 749. The van der Waals surface area contributed by atoms with Gasteiger partial charge >= 0.3 is 0 Å². The number of pyridine rings is 1. The minimum atomic E-state index is -3.08. The van der Waals surface area contributed by atoms with Crippen molar-refractivity contribution < 1.29 is 13.2 Å². The van der Waals surface area contributed by atoms with Crippen LogP contribution in [0, 0.1) is 5.92 Å². The lowest BCUT2D eigenvalue weighted by Gasteiger charge is -2.30. The van der Waals surface area contributed by atoms with Crippen LogP contribution >= 0.6 is 0 Å². The van der Waals surface area contributed by atoms with Crippen molar-refractivity contribution in [3.8, 4) is 0 Å². The van der Waals surface area contributed by atoms with E-state index in [0.717, 1.165) is 30.8 Å². The Hall–Kier alpha value is -1.63. The van der Waals surface area contributed by atoms with Gasteiger partial charge in [0.05, 0.1) is 35.3 Å². The first-order valence-electron chi connectivity index (χ1n) is 8.73. The summed E-state index contributed by atoms with van der Waals surface area (Å²) >= 11 is 0. The number of aromatic nitrogens is 1. The van der Waals surface area contributed by atoms with Crippen LogP contribution in [-0.4, -0.2) is 54.8 Å². The zero-order chi connectivity index (χ0) is 16.7. The van der Waals surface area contributed by atoms with E-state index in [2.05, 4.69) is 16.0 Å². The summed E-state index contributed by atoms with van der Waals surface area (Å²) in [4.78, 5) is 21.7. The van der Waals surface area contributed by atoms with Gasteiger partial charge in [0.25, 0.3) is 0 Å². The minimum Gasteiger partial charge on any atom is -0.365 e. The predicted molar refractivity (Wildman–Crippen MR) is 91.4 cm³/mol. The van der Waals surface area contributed by atoms with E-state index < -0.39 is 9.84 Å². The van der Waals surface area contributed by atoms with Crippen molar-refractivity contribution in [3.63, 3.8) is 0 Å². The van der Waals surface area contributed by atoms with Gasteiger partial charge in [-0.2, -0.15) is 0 Å². The van der Waals surface area contributed by atoms with Gasteiger partial charge in [-0.05, 0) is 37.8 Å². The van der Waals surface area contributed by atoms with Crippen LogP contribution in [0.3, 0.4) is 0 Å². The molecule has 0 bridgehead atoms. The van der Waals surface area contributed by atoms with Crippen LogP contribution in [0.1, 0.15) is 31.4 Å². The number of sulfone groups is 1. The number of amides is 1. The molecule has 0 radical (unpaired) electrons. The van der Waals surface area contributed by atoms with Crippen molar-refractivity contribution in [2.24, 2.45) is 5.92 Å². The fourth-order valence-electron chi connectivity index (χ4n) is 4.30. The number of carbonyl (C=O) groups excluding carboxylic acids is 1. The van der Waals surface area contributed by atoms with E-state index in [-0.39, 0.29) is 23.3 Å². The molecule has 1 aromatic heterocycles. The Morgan fingerprint density at radius 2 is 2.12 bits per heavy atom. The van der Waals surface area contributed by atoms with E-state index >= 15 is 0 Å². The molecule has 7 heteroatoms. The second kappa shape index (κ2) is 6.02. The molecule has 1 unspecified atom stereocenters. The molecule has 1 amide bonds. The maximum Gasteiger partial charge on any atom is 0.227 e. The smallest absolute Gasteiger partial charge is 0.227 e. The van der Waals surface area contributed by atoms with Crippen LogP contribution in [-0.2, 0) is 21.2 Å². The largest absolute Gasteiger partial charge is 0.365 e. The maximum absolute atomic E-state index is 13.0. The van der Waals surface area contributed by atoms with Crippen molar-refractivity contribution in [2.75, 3.05) is 29.5 Å². The highest BCUT2D eigenvalue weighted by atomic mass is 32.2. The minimum absolute atomic E-state index is 0.00574. The molecule has 4 heterocycles. The fourth-order valence-corrected chi connectivity index (χ4v) is 5.99. The summed E-state index contributed by atoms with van der Waals surface area (Å²) in [5, 5.41) is 0. The SMILES string of the molecule is O=C(C1CCCS(=O)(=O)C1)N1Cc2ncccc2N2CCC[C@H]2C1. The topological polar surface area (TPSA) is 70.6 Å². The van der Waals surface area contributed by atoms with Gasteiger partial charge in [-0.1, -0.05) is 0 Å². The lowest BCUT2D eigenvalue weighted by molar-refractivity contribution is -0.136. The number of hydrogen-bond acceptors (Lipinski definition) is 5. The second-order valence-corrected chi connectivity index (χ2v) is 9.36. The molecule has 130 valence electrons. The second-order valence-electron chi connectivity index (χ2n) is 7.13. The molecule has 6 nitrogen and oxygen atoms in total. The lowest BCUT2D eigenvalue weighted by atomic mass is 10.0. The normalized spacial score (nSPS) is 28.8. The van der Waals surface area contributed by atoms with Gasteiger partial charge < -0.3 is 9.80 Å². The van der Waals surface area contributed by atoms with E-state index in [0.29, 0.717) is 32.0 Å². The van der Waals surface area contributed by atoms with Gasteiger partial charge in [-0.3, -0.25) is 9.78 Å². The highest BCUT2D eigenvalue weighted by Gasteiger charge is 2.37. The third-order valence-corrected chi connectivity index (χ3v) is 7.27. The first-order valence-corrected chi connectivity index (χ1v) is 10.6. The highest BCUT2D eigenvalue weighted by molar-refractivity contribution is 7.91. The Morgan fingerprint density at radius 1 is 1.25 bits per heavy atom. The average molecular weight is 349 g/mol. The Kier molecular flexibility index (Phi) is 3.98. The summed E-state index contributed by atoms with van der Waals surface area (Å²) < 4.78 is 23.8. The molecule has 4 rings (SSSR count). The summed E-state index contributed by atoms with van der Waals surface area (Å²) in [5.74, 6) is -0.170. The fraction of sp³-hybridized carbons (Fsp3) is 0.647. The van der Waals surface area contributed by atoms with E-state index in [1.54, 1.807) is 6.20 Å². The highest BCUT2D eigenvalue weighted by Crippen LogP contribution is 2.33. The zero-order valence-corrected chi connectivity index (χ0v) is 14.5. The molecule has 0 aromatic carbocycles. The van der Waals surface area contributed by atoms with Crippen LogP contribution in [0.25, 0.3) is 0 Å². The number of fused-ring (bicyclic) bond motifs is 3. The van der Waals surface area contributed by atoms with Gasteiger partial charge in [0, 0.05) is 25.3 Å².